The fourth-order valence-corrected chi connectivity index (χ4v) is 3.55. The van der Waals surface area contributed by atoms with Crippen LogP contribution in [0.4, 0.5) is 0 Å². The van der Waals surface area contributed by atoms with E-state index in [1.807, 2.05) is 0 Å². The smallest absolute Gasteiger partial charge is 0.255 e. The van der Waals surface area contributed by atoms with Gasteiger partial charge in [0.2, 0.25) is 5.91 Å². The summed E-state index contributed by atoms with van der Waals surface area (Å²) in [5, 5.41) is 7.46. The number of primary sulfonamides is 1. The van der Waals surface area contributed by atoms with Gasteiger partial charge >= 0.3 is 0 Å². The molecule has 9 heteroatoms. The van der Waals surface area contributed by atoms with Crippen LogP contribution in [0.3, 0.4) is 0 Å². The predicted octanol–water partition coefficient (Wildman–Crippen LogP) is 0.283. The van der Waals surface area contributed by atoms with Crippen LogP contribution >= 0.6 is 0 Å². The molecule has 132 valence electrons. The van der Waals surface area contributed by atoms with Crippen LogP contribution < -0.4 is 16.2 Å². The number of carbonyl (C=O) groups is 2. The third-order valence-corrected chi connectivity index (χ3v) is 5.05. The first kappa shape index (κ1) is 18.3. The average Bonchev–Trinajstić information content (AvgIpc) is 2.54. The number of nitrogens with zero attached hydrogens (tertiary/aromatic N) is 1. The molecule has 8 nitrogen and oxygen atoms in total. The number of primary amides is 1. The lowest BCUT2D eigenvalue weighted by Crippen LogP contribution is -2.43. The number of sulfonamides is 1. The molecule has 1 aromatic heterocycles. The van der Waals surface area contributed by atoms with E-state index in [4.69, 9.17) is 10.9 Å². The Balaban J connectivity index is 2.16. The molecule has 1 aromatic rings. The minimum atomic E-state index is -3.99. The number of carbonyl (C=O) groups excluding carboxylic acids is 2. The van der Waals surface area contributed by atoms with Crippen LogP contribution in [-0.2, 0) is 14.8 Å². The molecular formula is C15H22N4O4S. The summed E-state index contributed by atoms with van der Waals surface area (Å²) < 4.78 is 22.7. The third kappa shape index (κ3) is 5.00. The topological polar surface area (TPSA) is 145 Å². The molecular weight excluding hydrogens is 332 g/mol. The minimum absolute atomic E-state index is 0.0591. The normalized spacial score (nSPS) is 17.2. The Morgan fingerprint density at radius 2 is 1.96 bits per heavy atom. The molecule has 0 radical (unpaired) electrons. The van der Waals surface area contributed by atoms with E-state index in [1.165, 1.54) is 12.3 Å². The molecule has 1 unspecified atom stereocenters. The molecule has 1 aliphatic rings. The van der Waals surface area contributed by atoms with Crippen LogP contribution in [0.1, 0.15) is 48.9 Å². The number of nitrogens with two attached hydrogens (primary N) is 2. The van der Waals surface area contributed by atoms with Gasteiger partial charge in [0.15, 0.2) is 5.03 Å². The van der Waals surface area contributed by atoms with Crippen molar-refractivity contribution in [3.8, 4) is 0 Å². The van der Waals surface area contributed by atoms with Crippen LogP contribution in [0.15, 0.2) is 23.4 Å². The van der Waals surface area contributed by atoms with Crippen molar-refractivity contribution in [2.45, 2.75) is 49.6 Å². The van der Waals surface area contributed by atoms with E-state index < -0.39 is 21.8 Å². The predicted molar refractivity (Wildman–Crippen MR) is 87.3 cm³/mol. The van der Waals surface area contributed by atoms with Gasteiger partial charge in [-0.3, -0.25) is 9.59 Å². The third-order valence-electron chi connectivity index (χ3n) is 4.24. The van der Waals surface area contributed by atoms with Gasteiger partial charge in [-0.15, -0.1) is 0 Å². The Bertz CT molecular complexity index is 714. The monoisotopic (exact) mass is 354 g/mol. The Morgan fingerprint density at radius 1 is 1.29 bits per heavy atom. The van der Waals surface area contributed by atoms with Crippen molar-refractivity contribution in [2.75, 3.05) is 0 Å². The van der Waals surface area contributed by atoms with Crippen LogP contribution in [-0.4, -0.2) is 31.3 Å². The van der Waals surface area contributed by atoms with E-state index in [0.29, 0.717) is 0 Å². The molecule has 0 spiro atoms. The molecule has 5 N–H and O–H groups in total. The number of amides is 2. The zero-order valence-electron chi connectivity index (χ0n) is 13.3. The van der Waals surface area contributed by atoms with Crippen molar-refractivity contribution in [1.29, 1.82) is 0 Å². The Kier molecular flexibility index (Phi) is 5.89. The first-order valence-electron chi connectivity index (χ1n) is 7.85. The average molecular weight is 354 g/mol. The second-order valence-electron chi connectivity index (χ2n) is 6.08. The summed E-state index contributed by atoms with van der Waals surface area (Å²) in [7, 11) is -3.99. The standard InChI is InChI=1S/C15H22N4O4S/c16-13(20)9-12(10-4-2-1-3-5-10)19-15(21)11-6-7-18-14(8-11)24(17,22)23/h6-8,10,12H,1-5,9H2,(H2,16,20)(H,19,21)(H2,17,22,23). The maximum absolute atomic E-state index is 12.4. The molecule has 0 aliphatic heterocycles. The van der Waals surface area contributed by atoms with E-state index in [0.717, 1.165) is 38.2 Å². The van der Waals surface area contributed by atoms with Crippen molar-refractivity contribution in [3.05, 3.63) is 23.9 Å². The second kappa shape index (κ2) is 7.71. The van der Waals surface area contributed by atoms with Crippen molar-refractivity contribution >= 4 is 21.8 Å². The molecule has 1 aliphatic carbocycles. The fourth-order valence-electron chi connectivity index (χ4n) is 3.05. The Labute approximate surface area is 141 Å². The molecule has 2 amide bonds. The van der Waals surface area contributed by atoms with Gasteiger partial charge in [0.05, 0.1) is 0 Å². The quantitative estimate of drug-likeness (QED) is 0.672. The Morgan fingerprint density at radius 3 is 2.54 bits per heavy atom. The summed E-state index contributed by atoms with van der Waals surface area (Å²) in [4.78, 5) is 27.4. The van der Waals surface area contributed by atoms with E-state index in [1.54, 1.807) is 0 Å². The summed E-state index contributed by atoms with van der Waals surface area (Å²) in [6.45, 7) is 0. The molecule has 0 saturated heterocycles. The van der Waals surface area contributed by atoms with Crippen LogP contribution in [0.2, 0.25) is 0 Å². The maximum atomic E-state index is 12.4. The highest BCUT2D eigenvalue weighted by Crippen LogP contribution is 2.28. The van der Waals surface area contributed by atoms with Crippen LogP contribution in [0.25, 0.3) is 0 Å². The summed E-state index contributed by atoms with van der Waals surface area (Å²) in [6.07, 6.45) is 6.38. The molecule has 1 saturated carbocycles. The summed E-state index contributed by atoms with van der Waals surface area (Å²) in [6, 6.07) is 2.15. The van der Waals surface area contributed by atoms with Gasteiger partial charge in [-0.2, -0.15) is 0 Å². The van der Waals surface area contributed by atoms with E-state index >= 15 is 0 Å². The van der Waals surface area contributed by atoms with Gasteiger partial charge < -0.3 is 11.1 Å². The van der Waals surface area contributed by atoms with Gasteiger partial charge in [0.25, 0.3) is 15.9 Å². The molecule has 1 fully saturated rings. The number of pyridine rings is 1. The lowest BCUT2D eigenvalue weighted by atomic mass is 9.82. The van der Waals surface area contributed by atoms with E-state index in [2.05, 4.69) is 10.3 Å². The first-order valence-corrected chi connectivity index (χ1v) is 9.40. The number of hydrogen-bond donors (Lipinski definition) is 3. The van der Waals surface area contributed by atoms with Gasteiger partial charge in [0.1, 0.15) is 0 Å². The summed E-state index contributed by atoms with van der Waals surface area (Å²) in [5.74, 6) is -0.764. The number of nitrogens with one attached hydrogen (secondary N) is 1. The fraction of sp³-hybridized carbons (Fsp3) is 0.533. The highest BCUT2D eigenvalue weighted by atomic mass is 32.2. The van der Waals surface area contributed by atoms with Gasteiger partial charge in [0, 0.05) is 24.2 Å². The number of aromatic nitrogens is 1. The molecule has 1 atom stereocenters. The zero-order chi connectivity index (χ0) is 17.7. The number of rotatable bonds is 6. The lowest BCUT2D eigenvalue weighted by molar-refractivity contribution is -0.118. The van der Waals surface area contributed by atoms with Crippen molar-refractivity contribution in [2.24, 2.45) is 16.8 Å². The molecule has 0 aromatic carbocycles. The maximum Gasteiger partial charge on any atom is 0.255 e. The minimum Gasteiger partial charge on any atom is -0.370 e. The first-order chi connectivity index (χ1) is 11.3. The molecule has 24 heavy (non-hydrogen) atoms. The van der Waals surface area contributed by atoms with E-state index in [-0.39, 0.29) is 29.0 Å². The Hall–Kier alpha value is -2.00. The van der Waals surface area contributed by atoms with Gasteiger partial charge in [-0.1, -0.05) is 19.3 Å². The molecule has 2 rings (SSSR count). The summed E-state index contributed by atoms with van der Waals surface area (Å²) >= 11 is 0. The molecule has 1 heterocycles. The van der Waals surface area contributed by atoms with Crippen LogP contribution in [0, 0.1) is 5.92 Å². The highest BCUT2D eigenvalue weighted by molar-refractivity contribution is 7.89. The lowest BCUT2D eigenvalue weighted by Gasteiger charge is -2.30. The SMILES string of the molecule is NC(=O)CC(NC(=O)c1ccnc(S(N)(=O)=O)c1)C1CCCCC1. The molecule has 0 bridgehead atoms. The summed E-state index contributed by atoms with van der Waals surface area (Å²) in [5.41, 5.74) is 5.42. The van der Waals surface area contributed by atoms with Gasteiger partial charge in [-0.05, 0) is 30.9 Å². The van der Waals surface area contributed by atoms with E-state index in [9.17, 15) is 18.0 Å². The van der Waals surface area contributed by atoms with Crippen molar-refractivity contribution < 1.29 is 18.0 Å². The van der Waals surface area contributed by atoms with Crippen LogP contribution in [0.5, 0.6) is 0 Å². The highest BCUT2D eigenvalue weighted by Gasteiger charge is 2.27. The van der Waals surface area contributed by atoms with Crippen molar-refractivity contribution in [1.82, 2.24) is 10.3 Å². The van der Waals surface area contributed by atoms with Gasteiger partial charge in [-0.25, -0.2) is 18.5 Å². The van der Waals surface area contributed by atoms with Crippen molar-refractivity contribution in [3.63, 3.8) is 0 Å². The number of hydrogen-bond acceptors (Lipinski definition) is 5. The zero-order valence-corrected chi connectivity index (χ0v) is 14.1. The largest absolute Gasteiger partial charge is 0.370 e. The second-order valence-corrected chi connectivity index (χ2v) is 7.58.